The predicted molar refractivity (Wildman–Crippen MR) is 112 cm³/mol. The van der Waals surface area contributed by atoms with Gasteiger partial charge in [0.2, 0.25) is 0 Å². The second kappa shape index (κ2) is 4.84. The van der Waals surface area contributed by atoms with E-state index < -0.39 is 0 Å². The summed E-state index contributed by atoms with van der Waals surface area (Å²) in [5.41, 5.74) is 8.58. The molecule has 28 heavy (non-hydrogen) atoms. The third-order valence-electron chi connectivity index (χ3n) is 10.4. The van der Waals surface area contributed by atoms with Crippen molar-refractivity contribution in [3.8, 4) is 0 Å². The quantitative estimate of drug-likeness (QED) is 0.461. The summed E-state index contributed by atoms with van der Waals surface area (Å²) in [6, 6.07) is 19.0. The van der Waals surface area contributed by atoms with Gasteiger partial charge in [0.05, 0.1) is 0 Å². The number of benzene rings is 2. The molecule has 4 fully saturated rings. The first kappa shape index (κ1) is 15.1. The molecule has 2 aromatic rings. The summed E-state index contributed by atoms with van der Waals surface area (Å²) >= 11 is 0. The fourth-order valence-corrected chi connectivity index (χ4v) is 10.1. The van der Waals surface area contributed by atoms with Crippen LogP contribution in [-0.2, 0) is 0 Å². The van der Waals surface area contributed by atoms with Crippen LogP contribution in [0.5, 0.6) is 0 Å². The average Bonchev–Trinajstić information content (AvgIpc) is 3.25. The molecule has 8 atom stereocenters. The molecule has 0 N–H and O–H groups in total. The smallest absolute Gasteiger partial charge is 0.0122 e. The van der Waals surface area contributed by atoms with Crippen molar-refractivity contribution in [1.82, 2.24) is 0 Å². The van der Waals surface area contributed by atoms with Gasteiger partial charge in [0.25, 0.3) is 0 Å². The largest absolute Gasteiger partial charge is 0.0993 e. The van der Waals surface area contributed by atoms with Gasteiger partial charge < -0.3 is 0 Å². The Hall–Kier alpha value is -1.82. The zero-order chi connectivity index (χ0) is 18.1. The van der Waals surface area contributed by atoms with E-state index in [0.29, 0.717) is 0 Å². The van der Waals surface area contributed by atoms with Gasteiger partial charge in [-0.05, 0) is 107 Å². The van der Waals surface area contributed by atoms with Crippen LogP contribution < -0.4 is 0 Å². The Kier molecular flexibility index (Phi) is 2.60. The lowest BCUT2D eigenvalue weighted by molar-refractivity contribution is -0.0232. The lowest BCUT2D eigenvalue weighted by Crippen LogP contribution is -2.51. The molecule has 0 amide bonds. The molecule has 0 nitrogen and oxygen atoms in total. The van der Waals surface area contributed by atoms with E-state index in [1.807, 2.05) is 0 Å². The fourth-order valence-electron chi connectivity index (χ4n) is 10.1. The SMILES string of the molecule is C=C1C2C3C4CCC(c5ccccc54)C3C1C1C3CCC(c4ccccc43)C21. The summed E-state index contributed by atoms with van der Waals surface area (Å²) < 4.78 is 0. The summed E-state index contributed by atoms with van der Waals surface area (Å²) in [4.78, 5) is 0. The van der Waals surface area contributed by atoms with Gasteiger partial charge in [-0.3, -0.25) is 0 Å². The second-order valence-electron chi connectivity index (χ2n) is 10.8. The van der Waals surface area contributed by atoms with Crippen molar-refractivity contribution in [1.29, 1.82) is 0 Å². The number of allylic oxidation sites excluding steroid dienone is 1. The van der Waals surface area contributed by atoms with Gasteiger partial charge in [-0.2, -0.15) is 0 Å². The van der Waals surface area contributed by atoms with Crippen molar-refractivity contribution in [2.75, 3.05) is 0 Å². The number of rotatable bonds is 0. The summed E-state index contributed by atoms with van der Waals surface area (Å²) in [6.45, 7) is 4.85. The number of hydrogen-bond donors (Lipinski definition) is 0. The molecule has 2 aromatic carbocycles. The maximum absolute atomic E-state index is 4.85. The summed E-state index contributed by atoms with van der Waals surface area (Å²) in [6.07, 6.45) is 5.73. The molecule has 0 aromatic heterocycles. The minimum Gasteiger partial charge on any atom is -0.0993 e. The minimum atomic E-state index is 0.808. The lowest BCUT2D eigenvalue weighted by Gasteiger charge is -2.60. The predicted octanol–water partition coefficient (Wildman–Crippen LogP) is 6.62. The van der Waals surface area contributed by atoms with Crippen LogP contribution in [0.4, 0.5) is 0 Å². The van der Waals surface area contributed by atoms with Gasteiger partial charge in [0.15, 0.2) is 0 Å². The van der Waals surface area contributed by atoms with E-state index >= 15 is 0 Å². The van der Waals surface area contributed by atoms with Crippen molar-refractivity contribution >= 4 is 0 Å². The minimum absolute atomic E-state index is 0.808. The van der Waals surface area contributed by atoms with E-state index in [2.05, 4.69) is 48.5 Å². The van der Waals surface area contributed by atoms with Crippen molar-refractivity contribution in [3.05, 3.63) is 82.9 Å². The van der Waals surface area contributed by atoms with Crippen molar-refractivity contribution in [2.24, 2.45) is 35.5 Å². The molecule has 10 rings (SSSR count). The summed E-state index contributed by atoms with van der Waals surface area (Å²) in [5.74, 6) is 8.48. The lowest BCUT2D eigenvalue weighted by atomic mass is 9.44. The van der Waals surface area contributed by atoms with Crippen molar-refractivity contribution < 1.29 is 0 Å². The molecule has 0 heterocycles. The molecule has 0 aliphatic heterocycles. The average molecular weight is 365 g/mol. The third-order valence-corrected chi connectivity index (χ3v) is 10.4. The molecule has 140 valence electrons. The number of hydrogen-bond acceptors (Lipinski definition) is 0. The summed E-state index contributed by atoms with van der Waals surface area (Å²) in [5, 5.41) is 0. The normalized spacial score (nSPS) is 48.2. The van der Waals surface area contributed by atoms with Gasteiger partial charge in [0.1, 0.15) is 0 Å². The zero-order valence-electron chi connectivity index (χ0n) is 16.4. The molecule has 0 heteroatoms. The van der Waals surface area contributed by atoms with Crippen LogP contribution in [0.1, 0.15) is 71.6 Å². The first-order chi connectivity index (χ1) is 13.8. The molecule has 4 saturated carbocycles. The Morgan fingerprint density at radius 2 is 0.786 bits per heavy atom. The maximum atomic E-state index is 4.85. The van der Waals surface area contributed by atoms with Crippen molar-refractivity contribution in [3.63, 3.8) is 0 Å². The molecule has 0 radical (unpaired) electrons. The van der Waals surface area contributed by atoms with E-state index in [-0.39, 0.29) is 0 Å². The molecule has 0 spiro atoms. The highest BCUT2D eigenvalue weighted by molar-refractivity contribution is 5.50. The van der Waals surface area contributed by atoms with E-state index in [1.54, 1.807) is 27.8 Å². The van der Waals surface area contributed by atoms with Gasteiger partial charge >= 0.3 is 0 Å². The topological polar surface area (TPSA) is 0 Å². The van der Waals surface area contributed by atoms with Crippen LogP contribution in [0, 0.1) is 35.5 Å². The highest BCUT2D eigenvalue weighted by Gasteiger charge is 2.70. The van der Waals surface area contributed by atoms with Crippen LogP contribution >= 0.6 is 0 Å². The van der Waals surface area contributed by atoms with Crippen LogP contribution in [0.3, 0.4) is 0 Å². The molecular formula is C28H28. The van der Waals surface area contributed by atoms with Crippen LogP contribution in [0.2, 0.25) is 0 Å². The van der Waals surface area contributed by atoms with Gasteiger partial charge in [-0.1, -0.05) is 60.7 Å². The van der Waals surface area contributed by atoms with E-state index in [0.717, 1.165) is 59.2 Å². The maximum Gasteiger partial charge on any atom is -0.0122 e. The molecule has 6 bridgehead atoms. The fraction of sp³-hybridized carbons (Fsp3) is 0.500. The van der Waals surface area contributed by atoms with Crippen molar-refractivity contribution in [2.45, 2.75) is 49.4 Å². The molecular weight excluding hydrogens is 336 g/mol. The van der Waals surface area contributed by atoms with E-state index in [1.165, 1.54) is 25.7 Å². The zero-order valence-corrected chi connectivity index (χ0v) is 16.4. The van der Waals surface area contributed by atoms with E-state index in [4.69, 9.17) is 6.58 Å². The molecule has 8 unspecified atom stereocenters. The van der Waals surface area contributed by atoms with Crippen LogP contribution in [0.25, 0.3) is 0 Å². The highest BCUT2D eigenvalue weighted by atomic mass is 14.7. The van der Waals surface area contributed by atoms with Gasteiger partial charge in [0, 0.05) is 0 Å². The van der Waals surface area contributed by atoms with Crippen LogP contribution in [-0.4, -0.2) is 0 Å². The van der Waals surface area contributed by atoms with E-state index in [9.17, 15) is 0 Å². The molecule has 8 aliphatic rings. The van der Waals surface area contributed by atoms with Gasteiger partial charge in [-0.15, -0.1) is 0 Å². The standard InChI is InChI=1S/C28H28/c1-14-23-25-19-10-11-20(16-7-3-2-6-15(16)19)26(25)24(14)28-22-13-12-21(27(23)28)17-8-4-5-9-18(17)22/h2-9,19-28H,1,10-13H2. The Bertz CT molecular complexity index is 874. The Morgan fingerprint density at radius 1 is 0.500 bits per heavy atom. The molecule has 8 aliphatic carbocycles. The second-order valence-corrected chi connectivity index (χ2v) is 10.8. The van der Waals surface area contributed by atoms with Crippen LogP contribution in [0.15, 0.2) is 60.7 Å². The third kappa shape index (κ3) is 1.46. The first-order valence-corrected chi connectivity index (χ1v) is 11.7. The number of fused-ring (bicyclic) bond motifs is 4. The Balaban J connectivity index is 1.33. The molecule has 0 saturated heterocycles. The Morgan fingerprint density at radius 3 is 1.07 bits per heavy atom. The van der Waals surface area contributed by atoms with Gasteiger partial charge in [-0.25, -0.2) is 0 Å². The first-order valence-electron chi connectivity index (χ1n) is 11.7. The summed E-state index contributed by atoms with van der Waals surface area (Å²) in [7, 11) is 0. The Labute approximate surface area is 168 Å². The highest BCUT2D eigenvalue weighted by Crippen LogP contribution is 2.78. The monoisotopic (exact) mass is 364 g/mol.